The zero-order valence-electron chi connectivity index (χ0n) is 11.1. The minimum Gasteiger partial charge on any atom is -0.373 e. The van der Waals surface area contributed by atoms with Crippen molar-refractivity contribution in [2.24, 2.45) is 0 Å². The molecule has 1 aliphatic heterocycles. The largest absolute Gasteiger partial charge is 0.373 e. The molecule has 2 aromatic carbocycles. The van der Waals surface area contributed by atoms with Gasteiger partial charge < -0.3 is 10.6 Å². The summed E-state index contributed by atoms with van der Waals surface area (Å²) in [6, 6.07) is 14.8. The molecular weight excluding hydrogens is 330 g/mol. The zero-order valence-corrected chi connectivity index (χ0v) is 12.6. The number of nitrogens with zero attached hydrogens (tertiary/aromatic N) is 1. The van der Waals surface area contributed by atoms with Gasteiger partial charge in [-0.15, -0.1) is 0 Å². The summed E-state index contributed by atoms with van der Waals surface area (Å²) in [6.07, 6.45) is 0.651. The Labute approximate surface area is 130 Å². The number of benzene rings is 2. The molecule has 0 aliphatic carbocycles. The lowest BCUT2D eigenvalue weighted by atomic mass is 10.1. The van der Waals surface area contributed by atoms with Gasteiger partial charge in [0, 0.05) is 16.6 Å². The molecule has 21 heavy (non-hydrogen) atoms. The summed E-state index contributed by atoms with van der Waals surface area (Å²) >= 11 is 3.35. The molecule has 3 rings (SSSR count). The molecule has 1 amide bonds. The van der Waals surface area contributed by atoms with Crippen molar-refractivity contribution >= 4 is 33.2 Å². The van der Waals surface area contributed by atoms with Crippen molar-refractivity contribution in [3.63, 3.8) is 0 Å². The van der Waals surface area contributed by atoms with E-state index in [1.165, 1.54) is 0 Å². The standard InChI is InChI=1S/C16H12BrN3O/c17-12-6-5-11(9-18)14(8-12)20-16(21)15-7-10-3-1-2-4-13(10)19-15/h1-6,8,15,19H,7H2,(H,20,21)/t15-/m0/s1. The Hall–Kier alpha value is -2.32. The van der Waals surface area contributed by atoms with Crippen LogP contribution in [0.15, 0.2) is 46.9 Å². The van der Waals surface area contributed by atoms with Crippen LogP contribution >= 0.6 is 15.9 Å². The molecule has 2 aromatic rings. The van der Waals surface area contributed by atoms with Gasteiger partial charge in [-0.25, -0.2) is 0 Å². The molecule has 0 saturated carbocycles. The monoisotopic (exact) mass is 341 g/mol. The van der Waals surface area contributed by atoms with Crippen molar-refractivity contribution in [3.8, 4) is 6.07 Å². The van der Waals surface area contributed by atoms with Gasteiger partial charge in [0.1, 0.15) is 12.1 Å². The summed E-state index contributed by atoms with van der Waals surface area (Å²) in [5.74, 6) is -0.138. The number of para-hydroxylation sites is 1. The second kappa shape index (κ2) is 5.58. The first kappa shape index (κ1) is 13.7. The van der Waals surface area contributed by atoms with Crippen molar-refractivity contribution in [1.29, 1.82) is 5.26 Å². The Kier molecular flexibility index (Phi) is 3.63. The quantitative estimate of drug-likeness (QED) is 0.880. The summed E-state index contributed by atoms with van der Waals surface area (Å²) < 4.78 is 0.819. The summed E-state index contributed by atoms with van der Waals surface area (Å²) in [7, 11) is 0. The fourth-order valence-electron chi connectivity index (χ4n) is 2.39. The maximum Gasteiger partial charge on any atom is 0.247 e. The third-order valence-corrected chi connectivity index (χ3v) is 3.94. The molecule has 2 N–H and O–H groups in total. The number of carbonyl (C=O) groups excluding carboxylic acids is 1. The lowest BCUT2D eigenvalue weighted by molar-refractivity contribution is -0.116. The first-order valence-electron chi connectivity index (χ1n) is 6.52. The first-order chi connectivity index (χ1) is 10.2. The van der Waals surface area contributed by atoms with Crippen LogP contribution in [-0.2, 0) is 11.2 Å². The molecule has 5 heteroatoms. The average molecular weight is 342 g/mol. The topological polar surface area (TPSA) is 64.9 Å². The van der Waals surface area contributed by atoms with E-state index in [1.807, 2.05) is 24.3 Å². The number of hydrogen-bond acceptors (Lipinski definition) is 3. The lowest BCUT2D eigenvalue weighted by Crippen LogP contribution is -2.33. The summed E-state index contributed by atoms with van der Waals surface area (Å²) in [6.45, 7) is 0. The van der Waals surface area contributed by atoms with Crippen LogP contribution in [0.2, 0.25) is 0 Å². The summed E-state index contributed by atoms with van der Waals surface area (Å²) in [5.41, 5.74) is 3.09. The van der Waals surface area contributed by atoms with Crippen LogP contribution in [0, 0.1) is 11.3 Å². The minimum atomic E-state index is -0.312. The Morgan fingerprint density at radius 1 is 1.33 bits per heavy atom. The Morgan fingerprint density at radius 2 is 2.14 bits per heavy atom. The molecular formula is C16H12BrN3O. The van der Waals surface area contributed by atoms with Crippen molar-refractivity contribution < 1.29 is 4.79 Å². The highest BCUT2D eigenvalue weighted by atomic mass is 79.9. The summed E-state index contributed by atoms with van der Waals surface area (Å²) in [4.78, 5) is 12.4. The molecule has 1 heterocycles. The van der Waals surface area contributed by atoms with Gasteiger partial charge in [-0.1, -0.05) is 34.1 Å². The van der Waals surface area contributed by atoms with E-state index >= 15 is 0 Å². The van der Waals surface area contributed by atoms with Crippen molar-refractivity contribution in [1.82, 2.24) is 0 Å². The highest BCUT2D eigenvalue weighted by Gasteiger charge is 2.26. The van der Waals surface area contributed by atoms with Gasteiger partial charge >= 0.3 is 0 Å². The third-order valence-electron chi connectivity index (χ3n) is 3.45. The maximum atomic E-state index is 12.4. The van der Waals surface area contributed by atoms with Crippen LogP contribution < -0.4 is 10.6 Å². The average Bonchev–Trinajstić information content (AvgIpc) is 2.91. The number of anilines is 2. The van der Waals surface area contributed by atoms with Gasteiger partial charge in [-0.3, -0.25) is 4.79 Å². The number of amides is 1. The lowest BCUT2D eigenvalue weighted by Gasteiger charge is -2.13. The van der Waals surface area contributed by atoms with Crippen molar-refractivity contribution in [2.75, 3.05) is 10.6 Å². The second-order valence-corrected chi connectivity index (χ2v) is 5.76. The molecule has 1 aliphatic rings. The Morgan fingerprint density at radius 3 is 2.90 bits per heavy atom. The molecule has 4 nitrogen and oxygen atoms in total. The van der Waals surface area contributed by atoms with Crippen LogP contribution in [0.25, 0.3) is 0 Å². The molecule has 0 unspecified atom stereocenters. The van der Waals surface area contributed by atoms with Gasteiger partial charge in [-0.05, 0) is 29.8 Å². The minimum absolute atomic E-state index is 0.138. The van der Waals surface area contributed by atoms with Crippen LogP contribution in [0.4, 0.5) is 11.4 Å². The summed E-state index contributed by atoms with van der Waals surface area (Å²) in [5, 5.41) is 15.1. The fraction of sp³-hybridized carbons (Fsp3) is 0.125. The number of nitriles is 1. The SMILES string of the molecule is N#Cc1ccc(Br)cc1NC(=O)[C@@H]1Cc2ccccc2N1. The Bertz CT molecular complexity index is 726. The molecule has 0 fully saturated rings. The van der Waals surface area contributed by atoms with Gasteiger partial charge in [0.05, 0.1) is 11.3 Å². The van der Waals surface area contributed by atoms with Crippen LogP contribution in [0.1, 0.15) is 11.1 Å². The van der Waals surface area contributed by atoms with Gasteiger partial charge in [0.2, 0.25) is 5.91 Å². The van der Waals surface area contributed by atoms with Crippen molar-refractivity contribution in [2.45, 2.75) is 12.5 Å². The van der Waals surface area contributed by atoms with E-state index in [0.717, 1.165) is 15.7 Å². The van der Waals surface area contributed by atoms with E-state index in [1.54, 1.807) is 18.2 Å². The number of halogens is 1. The third kappa shape index (κ3) is 2.76. The van der Waals surface area contributed by atoms with E-state index in [4.69, 9.17) is 5.26 Å². The molecule has 0 saturated heterocycles. The molecule has 0 spiro atoms. The Balaban J connectivity index is 1.77. The second-order valence-electron chi connectivity index (χ2n) is 4.85. The van der Waals surface area contributed by atoms with Crippen LogP contribution in [0.3, 0.4) is 0 Å². The smallest absolute Gasteiger partial charge is 0.247 e. The molecule has 0 aromatic heterocycles. The highest BCUT2D eigenvalue weighted by Crippen LogP contribution is 2.27. The van der Waals surface area contributed by atoms with Gasteiger partial charge in [0.25, 0.3) is 0 Å². The van der Waals surface area contributed by atoms with Crippen LogP contribution in [0.5, 0.6) is 0 Å². The fourth-order valence-corrected chi connectivity index (χ4v) is 2.75. The van der Waals surface area contributed by atoms with Gasteiger partial charge in [0.15, 0.2) is 0 Å². The van der Waals surface area contributed by atoms with E-state index in [-0.39, 0.29) is 11.9 Å². The van der Waals surface area contributed by atoms with Crippen molar-refractivity contribution in [3.05, 3.63) is 58.1 Å². The van der Waals surface area contributed by atoms with Crippen LogP contribution in [-0.4, -0.2) is 11.9 Å². The predicted octanol–water partition coefficient (Wildman–Crippen LogP) is 3.30. The molecule has 0 bridgehead atoms. The maximum absolute atomic E-state index is 12.4. The number of carbonyl (C=O) groups is 1. The van der Waals surface area contributed by atoms with Gasteiger partial charge in [-0.2, -0.15) is 5.26 Å². The molecule has 104 valence electrons. The van der Waals surface area contributed by atoms with E-state index in [9.17, 15) is 4.79 Å². The normalized spacial score (nSPS) is 15.7. The van der Waals surface area contributed by atoms with E-state index < -0.39 is 0 Å². The molecule has 1 atom stereocenters. The molecule has 0 radical (unpaired) electrons. The van der Waals surface area contributed by atoms with E-state index in [2.05, 4.69) is 32.6 Å². The number of nitrogens with one attached hydrogen (secondary N) is 2. The predicted molar refractivity (Wildman–Crippen MR) is 85.0 cm³/mol. The number of rotatable bonds is 2. The number of fused-ring (bicyclic) bond motifs is 1. The number of hydrogen-bond donors (Lipinski definition) is 2. The first-order valence-corrected chi connectivity index (χ1v) is 7.31. The zero-order chi connectivity index (χ0) is 14.8. The van der Waals surface area contributed by atoms with E-state index in [0.29, 0.717) is 17.7 Å². The highest BCUT2D eigenvalue weighted by molar-refractivity contribution is 9.10.